The maximum absolute atomic E-state index is 12.7. The van der Waals surface area contributed by atoms with Gasteiger partial charge in [-0.05, 0) is 44.9 Å². The van der Waals surface area contributed by atoms with E-state index in [1.165, 1.54) is 148 Å². The van der Waals surface area contributed by atoms with Crippen LogP contribution in [0, 0.1) is 0 Å². The Hall–Kier alpha value is -1.36. The smallest absolute Gasteiger partial charge is 0.359 e. The Kier molecular flexibility index (Phi) is 31.6. The number of allylic oxidation sites excluding steroid dienone is 2. The molecule has 1 N–H and O–H groups in total. The normalized spacial score (nSPS) is 12.6. The lowest BCUT2D eigenvalue weighted by atomic mass is 10.0. The third-order valence-corrected chi connectivity index (χ3v) is 9.08. The van der Waals surface area contributed by atoms with E-state index in [2.05, 4.69) is 26.0 Å². The molecule has 0 heterocycles. The molecule has 0 fully saturated rings. The molecule has 0 radical (unpaired) electrons. The van der Waals surface area contributed by atoms with Crippen molar-refractivity contribution in [3.05, 3.63) is 12.2 Å². The van der Waals surface area contributed by atoms with Gasteiger partial charge < -0.3 is 14.3 Å². The summed E-state index contributed by atoms with van der Waals surface area (Å²) >= 11 is 0. The lowest BCUT2D eigenvalue weighted by Crippen LogP contribution is -2.49. The molecule has 5 nitrogen and oxygen atoms in total. The average molecular weight is 637 g/mol. The van der Waals surface area contributed by atoms with Gasteiger partial charge in [-0.2, -0.15) is 0 Å². The lowest BCUT2D eigenvalue weighted by molar-refractivity contribution is -0.886. The van der Waals surface area contributed by atoms with Crippen molar-refractivity contribution in [1.82, 2.24) is 0 Å². The van der Waals surface area contributed by atoms with Crippen molar-refractivity contribution < 1.29 is 23.9 Å². The fourth-order valence-electron chi connectivity index (χ4n) is 6.32. The molecular formula is C40H78NO4+. The molecule has 0 rings (SSSR count). The van der Waals surface area contributed by atoms with Crippen LogP contribution in [0.15, 0.2) is 12.2 Å². The first-order valence-corrected chi connectivity index (χ1v) is 19.7. The number of hydrogen-bond donors (Lipinski definition) is 1. The fraction of sp³-hybridized carbons (Fsp3) is 0.900. The summed E-state index contributed by atoms with van der Waals surface area (Å²) in [6.45, 7) is 5.14. The molecular weight excluding hydrogens is 558 g/mol. The van der Waals surface area contributed by atoms with Crippen LogP contribution in [0.4, 0.5) is 0 Å². The van der Waals surface area contributed by atoms with Gasteiger partial charge in [-0.25, -0.2) is 4.79 Å². The maximum atomic E-state index is 12.7. The fourth-order valence-corrected chi connectivity index (χ4v) is 6.32. The second-order valence-corrected chi connectivity index (χ2v) is 14.5. The van der Waals surface area contributed by atoms with E-state index in [0.29, 0.717) is 17.4 Å². The minimum Gasteiger partial charge on any atom is -0.477 e. The van der Waals surface area contributed by atoms with E-state index in [0.717, 1.165) is 32.1 Å². The number of hydrogen-bond acceptors (Lipinski definition) is 3. The predicted octanol–water partition coefficient (Wildman–Crippen LogP) is 12.0. The number of nitrogens with zero attached hydrogens (tertiary/aromatic N) is 1. The average Bonchev–Trinajstić information content (AvgIpc) is 2.98. The van der Waals surface area contributed by atoms with E-state index < -0.39 is 5.97 Å². The van der Waals surface area contributed by atoms with Crippen molar-refractivity contribution in [3.8, 4) is 0 Å². The third-order valence-electron chi connectivity index (χ3n) is 9.08. The second-order valence-electron chi connectivity index (χ2n) is 14.5. The first-order valence-electron chi connectivity index (χ1n) is 19.7. The molecule has 0 aliphatic carbocycles. The highest BCUT2D eigenvalue weighted by Crippen LogP contribution is 2.17. The number of aliphatic carboxylic acids is 1. The van der Waals surface area contributed by atoms with Gasteiger partial charge in [0.1, 0.15) is 6.54 Å². The minimum absolute atomic E-state index is 0.0427. The number of unbranched alkanes of at least 4 members (excludes halogenated alkanes) is 24. The standard InChI is InChI=1S/C40H77NO4/c1-5-7-9-11-13-15-17-19-21-23-25-27-29-31-33-35-40(44)45-38(36-41(3,4)37-39(42)43)34-32-30-28-26-24-22-20-18-16-14-12-10-8-6-2/h19,21,38H,5-18,20,22-37H2,1-4H3/p+1. The van der Waals surface area contributed by atoms with Crippen molar-refractivity contribution >= 4 is 11.9 Å². The summed E-state index contributed by atoms with van der Waals surface area (Å²) in [5.41, 5.74) is 0. The number of rotatable bonds is 35. The maximum Gasteiger partial charge on any atom is 0.359 e. The minimum atomic E-state index is -0.810. The van der Waals surface area contributed by atoms with Crippen LogP contribution in [0.25, 0.3) is 0 Å². The molecule has 1 unspecified atom stereocenters. The summed E-state index contributed by atoms with van der Waals surface area (Å²) in [7, 11) is 3.84. The Bertz CT molecular complexity index is 690. The summed E-state index contributed by atoms with van der Waals surface area (Å²) in [6.07, 6.45) is 40.5. The van der Waals surface area contributed by atoms with Gasteiger partial charge in [-0.15, -0.1) is 0 Å². The highest BCUT2D eigenvalue weighted by atomic mass is 16.5. The number of esters is 1. The van der Waals surface area contributed by atoms with E-state index in [1.807, 2.05) is 14.1 Å². The van der Waals surface area contributed by atoms with Crippen LogP contribution in [0.1, 0.15) is 200 Å². The SMILES string of the molecule is CCCCCCCCC=CCCCCCCCC(=O)OC(CCCCCCCCCCCCCCCC)C[N+](C)(C)CC(=O)O. The molecule has 266 valence electrons. The molecule has 0 amide bonds. The molecule has 0 aromatic carbocycles. The van der Waals surface area contributed by atoms with Crippen molar-refractivity contribution in [2.75, 3.05) is 27.2 Å². The van der Waals surface area contributed by atoms with Gasteiger partial charge in [0, 0.05) is 6.42 Å². The molecule has 45 heavy (non-hydrogen) atoms. The quantitative estimate of drug-likeness (QED) is 0.0325. The van der Waals surface area contributed by atoms with Crippen LogP contribution in [-0.4, -0.2) is 54.8 Å². The van der Waals surface area contributed by atoms with E-state index in [-0.39, 0.29) is 18.6 Å². The number of carbonyl (C=O) groups is 2. The molecule has 1 atom stereocenters. The van der Waals surface area contributed by atoms with Gasteiger partial charge in [0.2, 0.25) is 0 Å². The first kappa shape index (κ1) is 43.6. The van der Waals surface area contributed by atoms with Crippen molar-refractivity contribution in [2.24, 2.45) is 0 Å². The van der Waals surface area contributed by atoms with Crippen LogP contribution in [-0.2, 0) is 14.3 Å². The summed E-state index contributed by atoms with van der Waals surface area (Å²) in [4.78, 5) is 24.0. The zero-order valence-corrected chi connectivity index (χ0v) is 30.8. The number of carbonyl (C=O) groups excluding carboxylic acids is 1. The number of likely N-dealkylation sites (N-methyl/N-ethyl adjacent to an activating group) is 1. The van der Waals surface area contributed by atoms with Crippen molar-refractivity contribution in [2.45, 2.75) is 206 Å². The Labute approximate surface area is 280 Å². The molecule has 5 heteroatoms. The Morgan fingerprint density at radius 3 is 1.38 bits per heavy atom. The van der Waals surface area contributed by atoms with Gasteiger partial charge in [-0.1, -0.05) is 161 Å². The number of carboxylic acid groups (broad SMARTS) is 1. The molecule has 0 aromatic heterocycles. The number of quaternary nitrogens is 1. The topological polar surface area (TPSA) is 63.6 Å². The summed E-state index contributed by atoms with van der Waals surface area (Å²) in [6, 6.07) is 0. The highest BCUT2D eigenvalue weighted by molar-refractivity contribution is 5.69. The molecule has 0 spiro atoms. The van der Waals surface area contributed by atoms with E-state index in [9.17, 15) is 14.7 Å². The molecule has 0 aromatic rings. The first-order chi connectivity index (χ1) is 21.8. The molecule has 0 aliphatic heterocycles. The molecule has 0 saturated heterocycles. The van der Waals surface area contributed by atoms with Crippen molar-refractivity contribution in [1.29, 1.82) is 0 Å². The van der Waals surface area contributed by atoms with Crippen LogP contribution in [0.2, 0.25) is 0 Å². The zero-order chi connectivity index (χ0) is 33.3. The third kappa shape index (κ3) is 33.8. The van der Waals surface area contributed by atoms with E-state index in [4.69, 9.17) is 4.74 Å². The monoisotopic (exact) mass is 637 g/mol. The van der Waals surface area contributed by atoms with Crippen LogP contribution >= 0.6 is 0 Å². The summed E-state index contributed by atoms with van der Waals surface area (Å²) in [5.74, 6) is -0.923. The van der Waals surface area contributed by atoms with Gasteiger partial charge in [-0.3, -0.25) is 4.79 Å². The van der Waals surface area contributed by atoms with Gasteiger partial charge in [0.05, 0.1) is 14.1 Å². The van der Waals surface area contributed by atoms with Gasteiger partial charge in [0.25, 0.3) is 0 Å². The largest absolute Gasteiger partial charge is 0.477 e. The Morgan fingerprint density at radius 2 is 0.956 bits per heavy atom. The lowest BCUT2D eigenvalue weighted by Gasteiger charge is -2.31. The Balaban J connectivity index is 4.06. The van der Waals surface area contributed by atoms with E-state index >= 15 is 0 Å². The molecule has 0 saturated carbocycles. The predicted molar refractivity (Wildman–Crippen MR) is 194 cm³/mol. The van der Waals surface area contributed by atoms with E-state index in [1.54, 1.807) is 0 Å². The van der Waals surface area contributed by atoms with Gasteiger partial charge >= 0.3 is 11.9 Å². The Morgan fingerprint density at radius 1 is 0.578 bits per heavy atom. The van der Waals surface area contributed by atoms with Gasteiger partial charge in [0.15, 0.2) is 12.6 Å². The van der Waals surface area contributed by atoms with Crippen LogP contribution in [0.5, 0.6) is 0 Å². The van der Waals surface area contributed by atoms with Crippen molar-refractivity contribution in [3.63, 3.8) is 0 Å². The number of ether oxygens (including phenoxy) is 1. The molecule has 0 aliphatic rings. The second kappa shape index (κ2) is 32.6. The molecule has 0 bridgehead atoms. The van der Waals surface area contributed by atoms with Crippen LogP contribution < -0.4 is 0 Å². The summed E-state index contributed by atoms with van der Waals surface area (Å²) in [5, 5.41) is 9.33. The zero-order valence-electron chi connectivity index (χ0n) is 30.8. The highest BCUT2D eigenvalue weighted by Gasteiger charge is 2.27. The van der Waals surface area contributed by atoms with Crippen LogP contribution in [0.3, 0.4) is 0 Å². The summed E-state index contributed by atoms with van der Waals surface area (Å²) < 4.78 is 6.28. The number of carboxylic acids is 1.